The summed E-state index contributed by atoms with van der Waals surface area (Å²) < 4.78 is 1.79. The highest BCUT2D eigenvalue weighted by atomic mass is 35.5. The van der Waals surface area contributed by atoms with E-state index in [1.807, 2.05) is 44.2 Å². The molecule has 0 fully saturated rings. The summed E-state index contributed by atoms with van der Waals surface area (Å²) in [6.45, 7) is 3.87. The van der Waals surface area contributed by atoms with Gasteiger partial charge in [-0.05, 0) is 31.6 Å². The molecule has 0 atom stereocenters. The van der Waals surface area contributed by atoms with Crippen molar-refractivity contribution < 1.29 is 4.79 Å². The van der Waals surface area contributed by atoms with Gasteiger partial charge in [0.15, 0.2) is 6.29 Å². The topological polar surface area (TPSA) is 34.9 Å². The van der Waals surface area contributed by atoms with Crippen molar-refractivity contribution in [3.05, 3.63) is 52.6 Å². The fraction of sp³-hybridized carbons (Fsp3) is 0.200. The zero-order valence-corrected chi connectivity index (χ0v) is 11.7. The number of halogens is 1. The number of benzene rings is 1. The molecule has 1 aromatic carbocycles. The third-order valence-electron chi connectivity index (χ3n) is 2.83. The van der Waals surface area contributed by atoms with E-state index in [0.717, 1.165) is 24.2 Å². The number of aryl methyl sites for hydroxylation is 1. The average molecular weight is 275 g/mol. The summed E-state index contributed by atoms with van der Waals surface area (Å²) in [6, 6.07) is 7.42. The van der Waals surface area contributed by atoms with Crippen LogP contribution in [-0.2, 0) is 0 Å². The molecule has 4 heteroatoms. The molecule has 0 bridgehead atoms. The van der Waals surface area contributed by atoms with Crippen molar-refractivity contribution in [1.82, 2.24) is 9.55 Å². The first-order chi connectivity index (χ1) is 9.19. The van der Waals surface area contributed by atoms with Crippen molar-refractivity contribution in [3.63, 3.8) is 0 Å². The van der Waals surface area contributed by atoms with E-state index >= 15 is 0 Å². The van der Waals surface area contributed by atoms with E-state index in [1.165, 1.54) is 0 Å². The third-order valence-corrected chi connectivity index (χ3v) is 3.15. The molecule has 0 radical (unpaired) electrons. The van der Waals surface area contributed by atoms with Gasteiger partial charge in [0.05, 0.1) is 16.4 Å². The molecular formula is C15H15ClN2O. The Balaban J connectivity index is 2.69. The molecule has 0 saturated carbocycles. The number of hydrogen-bond donors (Lipinski definition) is 0. The highest BCUT2D eigenvalue weighted by Gasteiger charge is 2.15. The molecule has 2 rings (SSSR count). The summed E-state index contributed by atoms with van der Waals surface area (Å²) in [5.41, 5.74) is 2.00. The standard InChI is InChI=1S/C15H15ClN2O/c1-3-4-9-15-17-11(2)14(10-19)18(15)13-8-6-5-7-12(13)16/h4-10H,3H2,1-2H3. The van der Waals surface area contributed by atoms with Gasteiger partial charge in [0.1, 0.15) is 11.5 Å². The predicted octanol–water partition coefficient (Wildman–Crippen LogP) is 4.07. The quantitative estimate of drug-likeness (QED) is 0.788. The molecule has 0 N–H and O–H groups in total. The van der Waals surface area contributed by atoms with E-state index < -0.39 is 0 Å². The maximum Gasteiger partial charge on any atom is 0.168 e. The Hall–Kier alpha value is -1.87. The van der Waals surface area contributed by atoms with Crippen LogP contribution < -0.4 is 0 Å². The second kappa shape index (κ2) is 5.85. The minimum atomic E-state index is 0.531. The molecule has 1 aromatic heterocycles. The minimum Gasteiger partial charge on any atom is -0.296 e. The fourth-order valence-corrected chi connectivity index (χ4v) is 2.14. The van der Waals surface area contributed by atoms with Crippen LogP contribution in [0.5, 0.6) is 0 Å². The van der Waals surface area contributed by atoms with Crippen LogP contribution in [-0.4, -0.2) is 15.8 Å². The van der Waals surface area contributed by atoms with Gasteiger partial charge in [0.2, 0.25) is 0 Å². The zero-order valence-electron chi connectivity index (χ0n) is 10.9. The van der Waals surface area contributed by atoms with Crippen LogP contribution in [0, 0.1) is 6.92 Å². The van der Waals surface area contributed by atoms with Crippen molar-refractivity contribution in [3.8, 4) is 5.69 Å². The van der Waals surface area contributed by atoms with Crippen LogP contribution in [0.2, 0.25) is 5.02 Å². The predicted molar refractivity (Wildman–Crippen MR) is 78.0 cm³/mol. The molecule has 2 aromatic rings. The van der Waals surface area contributed by atoms with E-state index in [2.05, 4.69) is 4.98 Å². The molecule has 0 aliphatic rings. The Morgan fingerprint density at radius 1 is 1.37 bits per heavy atom. The highest BCUT2D eigenvalue weighted by molar-refractivity contribution is 6.32. The molecule has 98 valence electrons. The molecule has 0 amide bonds. The van der Waals surface area contributed by atoms with E-state index in [4.69, 9.17) is 11.6 Å². The number of aromatic nitrogens is 2. The van der Waals surface area contributed by atoms with Gasteiger partial charge >= 0.3 is 0 Å². The molecule has 19 heavy (non-hydrogen) atoms. The van der Waals surface area contributed by atoms with Gasteiger partial charge in [-0.25, -0.2) is 4.98 Å². The summed E-state index contributed by atoms with van der Waals surface area (Å²) in [5.74, 6) is 0.717. The van der Waals surface area contributed by atoms with E-state index in [9.17, 15) is 4.79 Å². The van der Waals surface area contributed by atoms with Crippen LogP contribution in [0.25, 0.3) is 11.8 Å². The monoisotopic (exact) mass is 274 g/mol. The average Bonchev–Trinajstić information content (AvgIpc) is 2.72. The van der Waals surface area contributed by atoms with Gasteiger partial charge < -0.3 is 0 Å². The van der Waals surface area contributed by atoms with Crippen molar-refractivity contribution in [2.24, 2.45) is 0 Å². The summed E-state index contributed by atoms with van der Waals surface area (Å²) in [4.78, 5) is 15.7. The Morgan fingerprint density at radius 3 is 2.74 bits per heavy atom. The molecule has 0 unspecified atom stereocenters. The molecule has 0 saturated heterocycles. The first kappa shape index (κ1) is 13.6. The van der Waals surface area contributed by atoms with E-state index in [-0.39, 0.29) is 0 Å². The van der Waals surface area contributed by atoms with Crippen molar-refractivity contribution in [1.29, 1.82) is 0 Å². The summed E-state index contributed by atoms with van der Waals surface area (Å²) in [5, 5.41) is 0.592. The number of carbonyl (C=O) groups excluding carboxylic acids is 1. The molecule has 0 aliphatic heterocycles. The SMILES string of the molecule is CCC=Cc1nc(C)c(C=O)n1-c1ccccc1Cl. The molecule has 0 spiro atoms. The van der Waals surface area contributed by atoms with Crippen molar-refractivity contribution in [2.45, 2.75) is 20.3 Å². The van der Waals surface area contributed by atoms with Crippen LogP contribution in [0.4, 0.5) is 0 Å². The Kier molecular flexibility index (Phi) is 4.17. The fourth-order valence-electron chi connectivity index (χ4n) is 1.92. The van der Waals surface area contributed by atoms with Crippen molar-refractivity contribution in [2.75, 3.05) is 0 Å². The second-order valence-corrected chi connectivity index (χ2v) is 4.56. The molecular weight excluding hydrogens is 260 g/mol. The van der Waals surface area contributed by atoms with Crippen LogP contribution in [0.15, 0.2) is 30.3 Å². The number of aldehydes is 1. The number of para-hydroxylation sites is 1. The summed E-state index contributed by atoms with van der Waals surface area (Å²) in [6.07, 6.45) is 5.63. The minimum absolute atomic E-state index is 0.531. The number of imidazole rings is 1. The van der Waals surface area contributed by atoms with Gasteiger partial charge in [-0.2, -0.15) is 0 Å². The summed E-state index contributed by atoms with van der Waals surface area (Å²) >= 11 is 6.21. The van der Waals surface area contributed by atoms with Crippen LogP contribution in [0.3, 0.4) is 0 Å². The van der Waals surface area contributed by atoms with E-state index in [1.54, 1.807) is 10.6 Å². The van der Waals surface area contributed by atoms with Gasteiger partial charge in [0, 0.05) is 0 Å². The van der Waals surface area contributed by atoms with E-state index in [0.29, 0.717) is 16.4 Å². The largest absolute Gasteiger partial charge is 0.296 e. The highest BCUT2D eigenvalue weighted by Crippen LogP contribution is 2.25. The molecule has 0 aliphatic carbocycles. The lowest BCUT2D eigenvalue weighted by molar-refractivity contribution is 0.111. The number of carbonyl (C=O) groups is 1. The van der Waals surface area contributed by atoms with Crippen LogP contribution in [0.1, 0.15) is 35.4 Å². The van der Waals surface area contributed by atoms with Gasteiger partial charge in [-0.1, -0.05) is 36.7 Å². The van der Waals surface area contributed by atoms with Gasteiger partial charge in [0.25, 0.3) is 0 Å². The maximum absolute atomic E-state index is 11.3. The first-order valence-corrected chi connectivity index (χ1v) is 6.52. The lowest BCUT2D eigenvalue weighted by Crippen LogP contribution is -2.02. The molecule has 1 heterocycles. The number of hydrogen-bond acceptors (Lipinski definition) is 2. The number of nitrogens with zero attached hydrogens (tertiary/aromatic N) is 2. The third kappa shape index (κ3) is 2.61. The summed E-state index contributed by atoms with van der Waals surface area (Å²) in [7, 11) is 0. The maximum atomic E-state index is 11.3. The Morgan fingerprint density at radius 2 is 2.11 bits per heavy atom. The van der Waals surface area contributed by atoms with Gasteiger partial charge in [-0.15, -0.1) is 0 Å². The zero-order chi connectivity index (χ0) is 13.8. The van der Waals surface area contributed by atoms with Gasteiger partial charge in [-0.3, -0.25) is 9.36 Å². The Bertz CT molecular complexity index is 629. The van der Waals surface area contributed by atoms with Crippen molar-refractivity contribution >= 4 is 24.0 Å². The second-order valence-electron chi connectivity index (χ2n) is 4.16. The Labute approximate surface area is 117 Å². The first-order valence-electron chi connectivity index (χ1n) is 6.15. The van der Waals surface area contributed by atoms with Crippen LogP contribution >= 0.6 is 11.6 Å². The number of allylic oxidation sites excluding steroid dienone is 1. The molecule has 3 nitrogen and oxygen atoms in total. The lowest BCUT2D eigenvalue weighted by atomic mass is 10.3. The lowest BCUT2D eigenvalue weighted by Gasteiger charge is -2.09. The smallest absolute Gasteiger partial charge is 0.168 e. The number of rotatable bonds is 4. The normalized spacial score (nSPS) is 11.1.